The van der Waals surface area contributed by atoms with E-state index in [1.807, 2.05) is 0 Å². The summed E-state index contributed by atoms with van der Waals surface area (Å²) in [4.78, 5) is 10.6. The summed E-state index contributed by atoms with van der Waals surface area (Å²) < 4.78 is 40.1. The van der Waals surface area contributed by atoms with Crippen molar-refractivity contribution in [2.24, 2.45) is 0 Å². The number of halogens is 4. The number of rotatable bonds is 2. The van der Waals surface area contributed by atoms with Gasteiger partial charge in [-0.2, -0.15) is 0 Å². The smallest absolute Gasteiger partial charge is 0.406 e. The molecule has 0 bridgehead atoms. The van der Waals surface area contributed by atoms with Gasteiger partial charge < -0.3 is 10.1 Å². The molecule has 19 heavy (non-hydrogen) atoms. The van der Waals surface area contributed by atoms with E-state index in [4.69, 9.17) is 0 Å². The lowest BCUT2D eigenvalue weighted by Crippen LogP contribution is -2.19. The Hall–Kier alpha value is -1.68. The molecule has 0 aromatic heterocycles. The molecule has 102 valence electrons. The van der Waals surface area contributed by atoms with Gasteiger partial charge >= 0.3 is 6.36 Å². The topological polar surface area (TPSA) is 38.3 Å². The van der Waals surface area contributed by atoms with E-state index >= 15 is 0 Å². The zero-order valence-electron chi connectivity index (χ0n) is 9.77. The van der Waals surface area contributed by atoms with Crippen LogP contribution < -0.4 is 10.1 Å². The normalized spacial score (nSPS) is 10.4. The first-order chi connectivity index (χ1) is 8.78. The van der Waals surface area contributed by atoms with Gasteiger partial charge in [0.2, 0.25) is 5.91 Å². The van der Waals surface area contributed by atoms with E-state index in [1.165, 1.54) is 25.1 Å². The molecule has 1 rings (SSSR count). The van der Waals surface area contributed by atoms with Crippen LogP contribution >= 0.6 is 15.9 Å². The molecule has 1 aromatic carbocycles. The van der Waals surface area contributed by atoms with Crippen LogP contribution in [0.3, 0.4) is 0 Å². The molecule has 0 heterocycles. The third-order valence-corrected chi connectivity index (χ3v) is 2.48. The van der Waals surface area contributed by atoms with Crippen molar-refractivity contribution in [3.05, 3.63) is 28.2 Å². The van der Waals surface area contributed by atoms with Gasteiger partial charge in [0.1, 0.15) is 5.75 Å². The Morgan fingerprint density at radius 1 is 1.47 bits per heavy atom. The van der Waals surface area contributed by atoms with Gasteiger partial charge in [0, 0.05) is 17.0 Å². The Kier molecular flexibility index (Phi) is 5.24. The Morgan fingerprint density at radius 2 is 2.16 bits per heavy atom. The SMILES string of the molecule is CC(=O)NCC#Cc1ccc(OC(F)(F)F)cc1Br. The second-order valence-electron chi connectivity index (χ2n) is 3.40. The maximum absolute atomic E-state index is 12.0. The van der Waals surface area contributed by atoms with Crippen LogP contribution in [0.5, 0.6) is 5.75 Å². The van der Waals surface area contributed by atoms with Gasteiger partial charge in [-0.05, 0) is 34.1 Å². The average Bonchev–Trinajstić information content (AvgIpc) is 2.24. The molecular weight excluding hydrogens is 327 g/mol. The molecule has 0 saturated carbocycles. The molecule has 0 atom stereocenters. The van der Waals surface area contributed by atoms with Crippen molar-refractivity contribution in [3.8, 4) is 17.6 Å². The summed E-state index contributed by atoms with van der Waals surface area (Å²) in [6.07, 6.45) is -4.72. The second kappa shape index (κ2) is 6.48. The van der Waals surface area contributed by atoms with E-state index in [2.05, 4.69) is 37.8 Å². The fourth-order valence-electron chi connectivity index (χ4n) is 1.10. The summed E-state index contributed by atoms with van der Waals surface area (Å²) in [5, 5.41) is 2.48. The third kappa shape index (κ3) is 6.15. The highest BCUT2D eigenvalue weighted by Crippen LogP contribution is 2.27. The predicted molar refractivity (Wildman–Crippen MR) is 66.4 cm³/mol. The van der Waals surface area contributed by atoms with Crippen molar-refractivity contribution in [1.29, 1.82) is 0 Å². The summed E-state index contributed by atoms with van der Waals surface area (Å²) in [5.41, 5.74) is 0.500. The number of alkyl halides is 3. The highest BCUT2D eigenvalue weighted by molar-refractivity contribution is 9.10. The number of nitrogens with one attached hydrogen (secondary N) is 1. The lowest BCUT2D eigenvalue weighted by atomic mass is 10.2. The van der Waals surface area contributed by atoms with Crippen LogP contribution in [0.4, 0.5) is 13.2 Å². The van der Waals surface area contributed by atoms with Gasteiger partial charge in [-0.1, -0.05) is 11.8 Å². The third-order valence-electron chi connectivity index (χ3n) is 1.82. The second-order valence-corrected chi connectivity index (χ2v) is 4.26. The number of carbonyl (C=O) groups is 1. The van der Waals surface area contributed by atoms with Crippen molar-refractivity contribution in [2.45, 2.75) is 13.3 Å². The molecule has 1 aromatic rings. The van der Waals surface area contributed by atoms with E-state index in [9.17, 15) is 18.0 Å². The zero-order chi connectivity index (χ0) is 14.5. The summed E-state index contributed by atoms with van der Waals surface area (Å²) in [6.45, 7) is 1.53. The quantitative estimate of drug-likeness (QED) is 0.844. The largest absolute Gasteiger partial charge is 0.573 e. The molecule has 0 aliphatic rings. The molecule has 0 aliphatic carbocycles. The predicted octanol–water partition coefficient (Wildman–Crippen LogP) is 2.84. The molecule has 0 saturated heterocycles. The number of benzene rings is 1. The minimum Gasteiger partial charge on any atom is -0.406 e. The average molecular weight is 336 g/mol. The van der Waals surface area contributed by atoms with Crippen LogP contribution in [0.2, 0.25) is 0 Å². The first-order valence-electron chi connectivity index (χ1n) is 5.06. The number of ether oxygens (including phenoxy) is 1. The molecular formula is C12H9BrF3NO2. The Morgan fingerprint density at radius 3 is 2.68 bits per heavy atom. The molecule has 1 amide bonds. The summed E-state index contributed by atoms with van der Waals surface area (Å²) in [7, 11) is 0. The van der Waals surface area contributed by atoms with Crippen molar-refractivity contribution >= 4 is 21.8 Å². The molecule has 7 heteroatoms. The fraction of sp³-hybridized carbons (Fsp3) is 0.250. The maximum Gasteiger partial charge on any atom is 0.573 e. The van der Waals surface area contributed by atoms with Crippen LogP contribution in [0.1, 0.15) is 12.5 Å². The maximum atomic E-state index is 12.0. The molecule has 1 N–H and O–H groups in total. The van der Waals surface area contributed by atoms with Crippen LogP contribution in [0, 0.1) is 11.8 Å². The van der Waals surface area contributed by atoms with Gasteiger partial charge in [-0.15, -0.1) is 13.2 Å². The molecule has 0 unspecified atom stereocenters. The lowest BCUT2D eigenvalue weighted by Gasteiger charge is -2.09. The van der Waals surface area contributed by atoms with Gasteiger partial charge in [0.15, 0.2) is 0 Å². The molecule has 0 aliphatic heterocycles. The van der Waals surface area contributed by atoms with E-state index < -0.39 is 6.36 Å². The summed E-state index contributed by atoms with van der Waals surface area (Å²) >= 11 is 3.10. The Balaban J connectivity index is 2.75. The first kappa shape index (κ1) is 15.4. The fourth-order valence-corrected chi connectivity index (χ4v) is 1.56. The standard InChI is InChI=1S/C12H9BrF3NO2/c1-8(18)17-6-2-3-9-4-5-10(7-11(9)13)19-12(14,15)16/h4-5,7H,6H2,1H3,(H,17,18). The molecule has 0 spiro atoms. The van der Waals surface area contributed by atoms with Crippen molar-refractivity contribution in [3.63, 3.8) is 0 Å². The molecule has 3 nitrogen and oxygen atoms in total. The van der Waals surface area contributed by atoms with Gasteiger partial charge in [0.25, 0.3) is 0 Å². The minimum atomic E-state index is -4.72. The highest BCUT2D eigenvalue weighted by atomic mass is 79.9. The van der Waals surface area contributed by atoms with Crippen LogP contribution in [0.25, 0.3) is 0 Å². The Labute approximate surface area is 116 Å². The van der Waals surface area contributed by atoms with E-state index in [0.717, 1.165) is 0 Å². The van der Waals surface area contributed by atoms with Crippen LogP contribution in [-0.2, 0) is 4.79 Å². The number of hydrogen-bond donors (Lipinski definition) is 1. The van der Waals surface area contributed by atoms with Gasteiger partial charge in [-0.3, -0.25) is 4.79 Å². The van der Waals surface area contributed by atoms with Crippen molar-refractivity contribution in [1.82, 2.24) is 5.32 Å². The van der Waals surface area contributed by atoms with E-state index in [-0.39, 0.29) is 18.2 Å². The van der Waals surface area contributed by atoms with E-state index in [0.29, 0.717) is 10.0 Å². The zero-order valence-corrected chi connectivity index (χ0v) is 11.4. The van der Waals surface area contributed by atoms with Crippen molar-refractivity contribution < 1.29 is 22.7 Å². The number of carbonyl (C=O) groups excluding carboxylic acids is 1. The number of amides is 1. The molecule has 0 radical (unpaired) electrons. The van der Waals surface area contributed by atoms with Crippen LogP contribution in [-0.4, -0.2) is 18.8 Å². The van der Waals surface area contributed by atoms with Crippen molar-refractivity contribution in [2.75, 3.05) is 6.54 Å². The lowest BCUT2D eigenvalue weighted by molar-refractivity contribution is -0.274. The number of hydrogen-bond acceptors (Lipinski definition) is 2. The first-order valence-corrected chi connectivity index (χ1v) is 5.86. The Bertz CT molecular complexity index is 532. The van der Waals surface area contributed by atoms with Crippen LogP contribution in [0.15, 0.2) is 22.7 Å². The van der Waals surface area contributed by atoms with Gasteiger partial charge in [0.05, 0.1) is 6.54 Å². The minimum absolute atomic E-state index is 0.169. The van der Waals surface area contributed by atoms with E-state index in [1.54, 1.807) is 0 Å². The van der Waals surface area contributed by atoms with Gasteiger partial charge in [-0.25, -0.2) is 0 Å². The highest BCUT2D eigenvalue weighted by Gasteiger charge is 2.31. The molecule has 0 fully saturated rings. The summed E-state index contributed by atoms with van der Waals surface area (Å²) in [6, 6.07) is 3.74. The summed E-state index contributed by atoms with van der Waals surface area (Å²) in [5.74, 6) is 4.84. The monoisotopic (exact) mass is 335 g/mol.